The van der Waals surface area contributed by atoms with E-state index in [1.807, 2.05) is 24.3 Å². The summed E-state index contributed by atoms with van der Waals surface area (Å²) in [7, 11) is 0. The van der Waals surface area contributed by atoms with E-state index in [0.29, 0.717) is 6.54 Å². The second kappa shape index (κ2) is 5.08. The van der Waals surface area contributed by atoms with Crippen LogP contribution in [0.25, 0.3) is 0 Å². The molecule has 1 amide bonds. The number of anilines is 1. The summed E-state index contributed by atoms with van der Waals surface area (Å²) in [6.07, 6.45) is 3.00. The van der Waals surface area contributed by atoms with E-state index in [2.05, 4.69) is 0 Å². The first-order chi connectivity index (χ1) is 8.16. The summed E-state index contributed by atoms with van der Waals surface area (Å²) >= 11 is 0. The van der Waals surface area contributed by atoms with Gasteiger partial charge in [-0.25, -0.2) is 4.79 Å². The van der Waals surface area contributed by atoms with Crippen LogP contribution in [-0.2, 0) is 6.42 Å². The third-order valence-electron chi connectivity index (χ3n) is 3.37. The molecule has 1 aliphatic heterocycles. The molecular formula is C13H18N2O2. The average molecular weight is 234 g/mol. The molecule has 0 bridgehead atoms. The number of aryl methyl sites for hydroxylation is 1. The molecule has 0 saturated carbocycles. The molecule has 2 rings (SSSR count). The topological polar surface area (TPSA) is 66.6 Å². The Labute approximate surface area is 101 Å². The van der Waals surface area contributed by atoms with Crippen LogP contribution in [0.5, 0.6) is 0 Å². The van der Waals surface area contributed by atoms with Crippen molar-refractivity contribution in [3.05, 3.63) is 29.8 Å². The maximum atomic E-state index is 11.0. The molecule has 4 heteroatoms. The lowest BCUT2D eigenvalue weighted by atomic mass is 10.0. The van der Waals surface area contributed by atoms with Gasteiger partial charge in [0, 0.05) is 18.3 Å². The third kappa shape index (κ3) is 2.90. The highest BCUT2D eigenvalue weighted by Gasteiger charge is 2.27. The Balaban J connectivity index is 1.89. The quantitative estimate of drug-likeness (QED) is 0.789. The zero-order chi connectivity index (χ0) is 12.3. The zero-order valence-corrected chi connectivity index (χ0v) is 9.80. The number of rotatable bonds is 3. The van der Waals surface area contributed by atoms with Crippen LogP contribution in [-0.4, -0.2) is 28.7 Å². The van der Waals surface area contributed by atoms with Crippen LogP contribution < -0.4 is 5.73 Å². The van der Waals surface area contributed by atoms with Gasteiger partial charge < -0.3 is 15.7 Å². The van der Waals surface area contributed by atoms with Gasteiger partial charge in [0.05, 0.1) is 0 Å². The van der Waals surface area contributed by atoms with Crippen molar-refractivity contribution in [2.75, 3.05) is 12.3 Å². The number of likely N-dealkylation sites (tertiary alicyclic amines) is 1. The SMILES string of the molecule is Nc1ccc(CCC2CCCN2C(=O)O)cc1. The van der Waals surface area contributed by atoms with E-state index in [0.717, 1.165) is 31.4 Å². The van der Waals surface area contributed by atoms with E-state index in [1.165, 1.54) is 5.56 Å². The van der Waals surface area contributed by atoms with Gasteiger partial charge in [0.2, 0.25) is 0 Å². The van der Waals surface area contributed by atoms with Crippen LogP contribution >= 0.6 is 0 Å². The van der Waals surface area contributed by atoms with Gasteiger partial charge >= 0.3 is 6.09 Å². The number of carboxylic acid groups (broad SMARTS) is 1. The molecule has 1 aliphatic rings. The van der Waals surface area contributed by atoms with Crippen LogP contribution in [0.3, 0.4) is 0 Å². The predicted molar refractivity (Wildman–Crippen MR) is 66.9 cm³/mol. The number of hydrogen-bond acceptors (Lipinski definition) is 2. The van der Waals surface area contributed by atoms with Crippen LogP contribution in [0.2, 0.25) is 0 Å². The Morgan fingerprint density at radius 2 is 2.12 bits per heavy atom. The van der Waals surface area contributed by atoms with Gasteiger partial charge in [-0.15, -0.1) is 0 Å². The molecule has 1 unspecified atom stereocenters. The summed E-state index contributed by atoms with van der Waals surface area (Å²) in [6.45, 7) is 0.682. The van der Waals surface area contributed by atoms with Crippen molar-refractivity contribution in [2.24, 2.45) is 0 Å². The Morgan fingerprint density at radius 3 is 2.76 bits per heavy atom. The number of carbonyl (C=O) groups is 1. The fraction of sp³-hybridized carbons (Fsp3) is 0.462. The fourth-order valence-electron chi connectivity index (χ4n) is 2.41. The molecule has 1 heterocycles. The summed E-state index contributed by atoms with van der Waals surface area (Å²) in [5.74, 6) is 0. The molecule has 0 aromatic heterocycles. The van der Waals surface area contributed by atoms with Gasteiger partial charge in [-0.1, -0.05) is 12.1 Å². The number of amides is 1. The van der Waals surface area contributed by atoms with Crippen molar-refractivity contribution in [1.82, 2.24) is 4.90 Å². The third-order valence-corrected chi connectivity index (χ3v) is 3.37. The van der Waals surface area contributed by atoms with E-state index < -0.39 is 6.09 Å². The smallest absolute Gasteiger partial charge is 0.407 e. The van der Waals surface area contributed by atoms with Crippen LogP contribution in [0.1, 0.15) is 24.8 Å². The monoisotopic (exact) mass is 234 g/mol. The summed E-state index contributed by atoms with van der Waals surface area (Å²) < 4.78 is 0. The van der Waals surface area contributed by atoms with Gasteiger partial charge in [0.25, 0.3) is 0 Å². The first-order valence-electron chi connectivity index (χ1n) is 6.01. The molecule has 1 aromatic rings. The molecule has 17 heavy (non-hydrogen) atoms. The first kappa shape index (κ1) is 11.8. The molecule has 3 N–H and O–H groups in total. The number of nitrogens with two attached hydrogens (primary N) is 1. The second-order valence-electron chi connectivity index (χ2n) is 4.55. The molecular weight excluding hydrogens is 216 g/mol. The van der Waals surface area contributed by atoms with Crippen molar-refractivity contribution >= 4 is 11.8 Å². The predicted octanol–water partition coefficient (Wildman–Crippen LogP) is 2.34. The van der Waals surface area contributed by atoms with Crippen molar-refractivity contribution in [1.29, 1.82) is 0 Å². The Bertz CT molecular complexity index is 389. The number of nitrogens with zero attached hydrogens (tertiary/aromatic N) is 1. The van der Waals surface area contributed by atoms with Crippen molar-refractivity contribution in [3.63, 3.8) is 0 Å². The van der Waals surface area contributed by atoms with E-state index in [1.54, 1.807) is 4.90 Å². The second-order valence-corrected chi connectivity index (χ2v) is 4.55. The van der Waals surface area contributed by atoms with E-state index >= 15 is 0 Å². The van der Waals surface area contributed by atoms with Gasteiger partial charge in [-0.2, -0.15) is 0 Å². The highest BCUT2D eigenvalue weighted by molar-refractivity contribution is 5.65. The van der Waals surface area contributed by atoms with E-state index in [-0.39, 0.29) is 6.04 Å². The van der Waals surface area contributed by atoms with Gasteiger partial charge in [-0.3, -0.25) is 0 Å². The first-order valence-corrected chi connectivity index (χ1v) is 6.01. The van der Waals surface area contributed by atoms with Crippen molar-refractivity contribution in [3.8, 4) is 0 Å². The summed E-state index contributed by atoms with van der Waals surface area (Å²) in [5, 5.41) is 9.03. The van der Waals surface area contributed by atoms with E-state index in [4.69, 9.17) is 10.8 Å². The minimum absolute atomic E-state index is 0.185. The lowest BCUT2D eigenvalue weighted by molar-refractivity contribution is 0.138. The molecule has 0 radical (unpaired) electrons. The summed E-state index contributed by atoms with van der Waals surface area (Å²) in [5.41, 5.74) is 7.61. The molecule has 1 fully saturated rings. The minimum Gasteiger partial charge on any atom is -0.465 e. The zero-order valence-electron chi connectivity index (χ0n) is 9.80. The normalized spacial score (nSPS) is 19.5. The summed E-state index contributed by atoms with van der Waals surface area (Å²) in [4.78, 5) is 12.5. The number of hydrogen-bond donors (Lipinski definition) is 2. The lowest BCUT2D eigenvalue weighted by Gasteiger charge is -2.21. The maximum absolute atomic E-state index is 11.0. The molecule has 1 aromatic carbocycles. The van der Waals surface area contributed by atoms with Gasteiger partial charge in [0.15, 0.2) is 0 Å². The van der Waals surface area contributed by atoms with Crippen LogP contribution in [0.15, 0.2) is 24.3 Å². The molecule has 0 aliphatic carbocycles. The van der Waals surface area contributed by atoms with Crippen molar-refractivity contribution < 1.29 is 9.90 Å². The van der Waals surface area contributed by atoms with Crippen LogP contribution in [0.4, 0.5) is 10.5 Å². The average Bonchev–Trinajstić information content (AvgIpc) is 2.76. The van der Waals surface area contributed by atoms with Gasteiger partial charge in [0.1, 0.15) is 0 Å². The Hall–Kier alpha value is -1.71. The summed E-state index contributed by atoms with van der Waals surface area (Å²) in [6, 6.07) is 7.98. The highest BCUT2D eigenvalue weighted by atomic mass is 16.4. The van der Waals surface area contributed by atoms with Gasteiger partial charge in [-0.05, 0) is 43.4 Å². The maximum Gasteiger partial charge on any atom is 0.407 e. The molecule has 1 saturated heterocycles. The Kier molecular flexibility index (Phi) is 3.52. The highest BCUT2D eigenvalue weighted by Crippen LogP contribution is 2.22. The lowest BCUT2D eigenvalue weighted by Crippen LogP contribution is -2.34. The van der Waals surface area contributed by atoms with Crippen LogP contribution in [0, 0.1) is 0 Å². The molecule has 4 nitrogen and oxygen atoms in total. The number of nitrogen functional groups attached to an aromatic ring is 1. The van der Waals surface area contributed by atoms with E-state index in [9.17, 15) is 4.79 Å². The minimum atomic E-state index is -0.787. The van der Waals surface area contributed by atoms with Crippen molar-refractivity contribution in [2.45, 2.75) is 31.7 Å². The molecule has 1 atom stereocenters. The largest absolute Gasteiger partial charge is 0.465 e. The molecule has 0 spiro atoms. The standard InChI is InChI=1S/C13H18N2O2/c14-11-6-3-10(4-7-11)5-8-12-2-1-9-15(12)13(16)17/h3-4,6-7,12H,1-2,5,8-9,14H2,(H,16,17). The molecule has 92 valence electrons. The number of benzene rings is 1. The fourth-order valence-corrected chi connectivity index (χ4v) is 2.41. The Morgan fingerprint density at radius 1 is 1.41 bits per heavy atom.